The number of benzene rings is 1. The van der Waals surface area contributed by atoms with Gasteiger partial charge in [0.1, 0.15) is 0 Å². The highest BCUT2D eigenvalue weighted by Crippen LogP contribution is 2.14. The maximum atomic E-state index is 12.6. The van der Waals surface area contributed by atoms with Crippen molar-refractivity contribution in [2.24, 2.45) is 0 Å². The highest BCUT2D eigenvalue weighted by Gasteiger charge is 2.20. The lowest BCUT2D eigenvalue weighted by molar-refractivity contribution is -0.119. The molecule has 0 unspecified atom stereocenters. The summed E-state index contributed by atoms with van der Waals surface area (Å²) in [6, 6.07) is 6.89. The van der Waals surface area contributed by atoms with E-state index in [0.717, 1.165) is 5.56 Å². The van der Waals surface area contributed by atoms with Crippen molar-refractivity contribution >= 4 is 17.6 Å². The fourth-order valence-electron chi connectivity index (χ4n) is 2.27. The van der Waals surface area contributed by atoms with Crippen molar-refractivity contribution in [3.63, 3.8) is 0 Å². The lowest BCUT2D eigenvalue weighted by atomic mass is 10.1. The summed E-state index contributed by atoms with van der Waals surface area (Å²) in [6.07, 6.45) is 0.260. The topological polar surface area (TPSA) is 100 Å². The summed E-state index contributed by atoms with van der Waals surface area (Å²) in [5, 5.41) is 9.26. The maximum Gasteiger partial charge on any atom is 0.322 e. The summed E-state index contributed by atoms with van der Waals surface area (Å²) >= 11 is 0. The average molecular weight is 345 g/mol. The van der Waals surface area contributed by atoms with Crippen LogP contribution in [0.25, 0.3) is 0 Å². The van der Waals surface area contributed by atoms with Crippen LogP contribution in [0.2, 0.25) is 0 Å². The first kappa shape index (κ1) is 18.4. The second-order valence-corrected chi connectivity index (χ2v) is 5.93. The Balaban J connectivity index is 2.07. The standard InChI is InChI=1S/C17H23N5O3/c1-11(2)22(10-15-19-12(3)25-21-15)17(24)20-14-7-5-6-13(8-14)9-16(23)18-4/h5-8,11H,9-10H2,1-4H3,(H,18,23)(H,20,24). The number of aryl methyl sites for hydroxylation is 1. The fourth-order valence-corrected chi connectivity index (χ4v) is 2.27. The SMILES string of the molecule is CNC(=O)Cc1cccc(NC(=O)N(Cc2noc(C)n2)C(C)C)c1. The van der Waals surface area contributed by atoms with Gasteiger partial charge in [0, 0.05) is 25.7 Å². The van der Waals surface area contributed by atoms with Crippen molar-refractivity contribution in [2.45, 2.75) is 39.8 Å². The van der Waals surface area contributed by atoms with Crippen LogP contribution in [-0.4, -0.2) is 40.1 Å². The molecule has 0 spiro atoms. The molecule has 0 atom stereocenters. The Kier molecular flexibility index (Phi) is 6.10. The van der Waals surface area contributed by atoms with Gasteiger partial charge >= 0.3 is 6.03 Å². The van der Waals surface area contributed by atoms with E-state index in [1.54, 1.807) is 37.1 Å². The number of carbonyl (C=O) groups is 2. The Labute approximate surface area is 146 Å². The molecule has 8 nitrogen and oxygen atoms in total. The molecular weight excluding hydrogens is 322 g/mol. The summed E-state index contributed by atoms with van der Waals surface area (Å²) in [5.41, 5.74) is 1.45. The molecule has 1 aromatic carbocycles. The number of amides is 3. The molecule has 2 N–H and O–H groups in total. The molecule has 134 valence electrons. The third-order valence-electron chi connectivity index (χ3n) is 3.59. The number of nitrogens with zero attached hydrogens (tertiary/aromatic N) is 3. The summed E-state index contributed by atoms with van der Waals surface area (Å²) in [4.78, 5) is 29.8. The number of anilines is 1. The van der Waals surface area contributed by atoms with E-state index in [4.69, 9.17) is 4.52 Å². The van der Waals surface area contributed by atoms with Gasteiger partial charge in [-0.05, 0) is 31.5 Å². The zero-order valence-corrected chi connectivity index (χ0v) is 14.9. The van der Waals surface area contributed by atoms with Crippen molar-refractivity contribution < 1.29 is 14.1 Å². The molecule has 0 radical (unpaired) electrons. The van der Waals surface area contributed by atoms with Crippen LogP contribution in [-0.2, 0) is 17.8 Å². The van der Waals surface area contributed by atoms with Gasteiger partial charge < -0.3 is 20.1 Å². The molecule has 2 aromatic rings. The molecule has 1 heterocycles. The molecule has 0 aliphatic carbocycles. The summed E-state index contributed by atoms with van der Waals surface area (Å²) in [5.74, 6) is 0.829. The van der Waals surface area contributed by atoms with E-state index in [9.17, 15) is 9.59 Å². The predicted octanol–water partition coefficient (Wildman–Crippen LogP) is 2.11. The molecule has 1 aromatic heterocycles. The highest BCUT2D eigenvalue weighted by atomic mass is 16.5. The molecule has 8 heteroatoms. The lowest BCUT2D eigenvalue weighted by Crippen LogP contribution is -2.39. The van der Waals surface area contributed by atoms with Crippen LogP contribution >= 0.6 is 0 Å². The van der Waals surface area contributed by atoms with Crippen LogP contribution in [0, 0.1) is 6.92 Å². The smallest absolute Gasteiger partial charge is 0.322 e. The highest BCUT2D eigenvalue weighted by molar-refractivity contribution is 5.89. The quantitative estimate of drug-likeness (QED) is 0.835. The molecule has 0 aliphatic heterocycles. The lowest BCUT2D eigenvalue weighted by Gasteiger charge is -2.25. The van der Waals surface area contributed by atoms with Crippen LogP contribution in [0.15, 0.2) is 28.8 Å². The van der Waals surface area contributed by atoms with Crippen molar-refractivity contribution in [2.75, 3.05) is 12.4 Å². The van der Waals surface area contributed by atoms with Gasteiger partial charge in [0.2, 0.25) is 11.8 Å². The Morgan fingerprint density at radius 3 is 2.68 bits per heavy atom. The minimum absolute atomic E-state index is 0.0483. The van der Waals surface area contributed by atoms with E-state index in [1.807, 2.05) is 19.9 Å². The summed E-state index contributed by atoms with van der Waals surface area (Å²) < 4.78 is 4.95. The number of likely N-dealkylation sites (N-methyl/N-ethyl adjacent to an activating group) is 1. The number of nitrogens with one attached hydrogen (secondary N) is 2. The fraction of sp³-hybridized carbons (Fsp3) is 0.412. The van der Waals surface area contributed by atoms with Crippen LogP contribution in [0.3, 0.4) is 0 Å². The zero-order valence-electron chi connectivity index (χ0n) is 14.9. The van der Waals surface area contributed by atoms with Gasteiger partial charge in [-0.15, -0.1) is 0 Å². The number of hydrogen-bond acceptors (Lipinski definition) is 5. The van der Waals surface area contributed by atoms with E-state index in [0.29, 0.717) is 17.4 Å². The first-order valence-corrected chi connectivity index (χ1v) is 8.05. The van der Waals surface area contributed by atoms with Crippen molar-refractivity contribution in [1.82, 2.24) is 20.4 Å². The normalized spacial score (nSPS) is 10.6. The molecule has 2 rings (SSSR count). The minimum atomic E-state index is -0.269. The maximum absolute atomic E-state index is 12.6. The third-order valence-corrected chi connectivity index (χ3v) is 3.59. The number of carbonyl (C=O) groups excluding carboxylic acids is 2. The number of aromatic nitrogens is 2. The summed E-state index contributed by atoms with van der Waals surface area (Å²) in [7, 11) is 1.59. The van der Waals surface area contributed by atoms with Crippen LogP contribution < -0.4 is 10.6 Å². The monoisotopic (exact) mass is 345 g/mol. The van der Waals surface area contributed by atoms with Gasteiger partial charge in [-0.25, -0.2) is 4.79 Å². The van der Waals surface area contributed by atoms with Gasteiger partial charge in [0.05, 0.1) is 13.0 Å². The largest absolute Gasteiger partial charge is 0.359 e. The second-order valence-electron chi connectivity index (χ2n) is 5.93. The van der Waals surface area contributed by atoms with Gasteiger partial charge in [0.15, 0.2) is 5.82 Å². The summed E-state index contributed by atoms with van der Waals surface area (Å²) in [6.45, 7) is 5.77. The zero-order chi connectivity index (χ0) is 18.4. The molecule has 0 aliphatic rings. The van der Waals surface area contributed by atoms with E-state index in [2.05, 4.69) is 20.8 Å². The Morgan fingerprint density at radius 1 is 1.32 bits per heavy atom. The van der Waals surface area contributed by atoms with Gasteiger partial charge in [-0.1, -0.05) is 17.3 Å². The Hall–Kier alpha value is -2.90. The molecule has 25 heavy (non-hydrogen) atoms. The van der Waals surface area contributed by atoms with E-state index >= 15 is 0 Å². The predicted molar refractivity (Wildman–Crippen MR) is 92.9 cm³/mol. The van der Waals surface area contributed by atoms with Crippen molar-refractivity contribution in [3.8, 4) is 0 Å². The number of hydrogen-bond donors (Lipinski definition) is 2. The number of rotatable bonds is 6. The molecule has 0 saturated carbocycles. The van der Waals surface area contributed by atoms with E-state index in [1.165, 1.54) is 0 Å². The van der Waals surface area contributed by atoms with E-state index < -0.39 is 0 Å². The average Bonchev–Trinajstić information content (AvgIpc) is 2.97. The third kappa shape index (κ3) is 5.30. The van der Waals surface area contributed by atoms with Crippen molar-refractivity contribution in [3.05, 3.63) is 41.5 Å². The minimum Gasteiger partial charge on any atom is -0.359 e. The molecule has 0 saturated heterocycles. The van der Waals surface area contributed by atoms with Crippen LogP contribution in [0.4, 0.5) is 10.5 Å². The van der Waals surface area contributed by atoms with Crippen molar-refractivity contribution in [1.29, 1.82) is 0 Å². The molecule has 3 amide bonds. The first-order valence-electron chi connectivity index (χ1n) is 8.05. The number of urea groups is 1. The van der Waals surface area contributed by atoms with E-state index in [-0.39, 0.29) is 30.9 Å². The first-order chi connectivity index (χ1) is 11.9. The van der Waals surface area contributed by atoms with Crippen LogP contribution in [0.5, 0.6) is 0 Å². The molecule has 0 bridgehead atoms. The molecule has 0 fully saturated rings. The molecular formula is C17H23N5O3. The van der Waals surface area contributed by atoms with Gasteiger partial charge in [-0.2, -0.15) is 4.98 Å². The Morgan fingerprint density at radius 2 is 2.08 bits per heavy atom. The van der Waals surface area contributed by atoms with Gasteiger partial charge in [0.25, 0.3) is 0 Å². The van der Waals surface area contributed by atoms with Crippen LogP contribution in [0.1, 0.15) is 31.1 Å². The Bertz CT molecular complexity index is 741. The van der Waals surface area contributed by atoms with Gasteiger partial charge in [-0.3, -0.25) is 4.79 Å². The second kappa shape index (κ2) is 8.27.